The van der Waals surface area contributed by atoms with E-state index < -0.39 is 0 Å². The molecule has 1 aromatic heterocycles. The van der Waals surface area contributed by atoms with Crippen molar-refractivity contribution < 1.29 is 14.3 Å². The highest BCUT2D eigenvalue weighted by Crippen LogP contribution is 2.17. The van der Waals surface area contributed by atoms with E-state index >= 15 is 0 Å². The second-order valence-corrected chi connectivity index (χ2v) is 7.16. The molecule has 1 N–H and O–H groups in total. The molecule has 2 aliphatic rings. The van der Waals surface area contributed by atoms with Crippen molar-refractivity contribution in [3.8, 4) is 0 Å². The van der Waals surface area contributed by atoms with Crippen molar-refractivity contribution >= 4 is 17.4 Å². The molecule has 0 aliphatic carbocycles. The van der Waals surface area contributed by atoms with E-state index in [4.69, 9.17) is 9.47 Å². The van der Waals surface area contributed by atoms with Gasteiger partial charge in [0.15, 0.2) is 0 Å². The molecule has 7 heteroatoms. The number of rotatable bonds is 6. The largest absolute Gasteiger partial charge is 0.376 e. The standard InChI is InChI=1S/C16H25N3O3S/c1-12-11-23-15(18-12)8-17-16(20)19(9-13-4-2-6-21-13)10-14-5-3-7-22-14/h11,13-14H,2-10H2,1H3,(H,17,20)/t13-,14-/m1/s1. The zero-order valence-electron chi connectivity index (χ0n) is 13.6. The van der Waals surface area contributed by atoms with Gasteiger partial charge in [-0.1, -0.05) is 0 Å². The monoisotopic (exact) mass is 339 g/mol. The molecule has 1 aromatic rings. The number of nitrogens with one attached hydrogen (secondary N) is 1. The van der Waals surface area contributed by atoms with Crippen molar-refractivity contribution in [2.24, 2.45) is 0 Å². The van der Waals surface area contributed by atoms with Crippen LogP contribution in [0.3, 0.4) is 0 Å². The summed E-state index contributed by atoms with van der Waals surface area (Å²) in [6.07, 6.45) is 4.53. The van der Waals surface area contributed by atoms with Crippen LogP contribution in [0.2, 0.25) is 0 Å². The van der Waals surface area contributed by atoms with E-state index in [1.807, 2.05) is 17.2 Å². The quantitative estimate of drug-likeness (QED) is 0.864. The first-order chi connectivity index (χ1) is 11.2. The minimum Gasteiger partial charge on any atom is -0.376 e. The van der Waals surface area contributed by atoms with Crippen molar-refractivity contribution in [2.75, 3.05) is 26.3 Å². The minimum atomic E-state index is -0.0520. The number of hydrogen-bond acceptors (Lipinski definition) is 5. The number of aryl methyl sites for hydroxylation is 1. The zero-order chi connectivity index (χ0) is 16.1. The second-order valence-electron chi connectivity index (χ2n) is 6.22. The summed E-state index contributed by atoms with van der Waals surface area (Å²) in [5, 5.41) is 5.92. The molecular weight excluding hydrogens is 314 g/mol. The van der Waals surface area contributed by atoms with E-state index in [0.717, 1.165) is 49.6 Å². The van der Waals surface area contributed by atoms with Crippen LogP contribution in [0.5, 0.6) is 0 Å². The number of aromatic nitrogens is 1. The molecule has 128 valence electrons. The van der Waals surface area contributed by atoms with Gasteiger partial charge in [-0.2, -0.15) is 0 Å². The predicted molar refractivity (Wildman–Crippen MR) is 88.6 cm³/mol. The first kappa shape index (κ1) is 16.7. The van der Waals surface area contributed by atoms with E-state index in [2.05, 4.69) is 10.3 Å². The molecule has 6 nitrogen and oxygen atoms in total. The lowest BCUT2D eigenvalue weighted by Gasteiger charge is -2.27. The number of carbonyl (C=O) groups is 1. The Morgan fingerprint density at radius 2 is 1.96 bits per heavy atom. The van der Waals surface area contributed by atoms with E-state index in [0.29, 0.717) is 19.6 Å². The highest BCUT2D eigenvalue weighted by molar-refractivity contribution is 7.09. The normalized spacial score (nSPS) is 24.0. The van der Waals surface area contributed by atoms with Crippen molar-refractivity contribution in [3.63, 3.8) is 0 Å². The third-order valence-corrected chi connectivity index (χ3v) is 5.21. The minimum absolute atomic E-state index is 0.0520. The fourth-order valence-corrected chi connectivity index (χ4v) is 3.77. The summed E-state index contributed by atoms with van der Waals surface area (Å²) in [6.45, 7) is 5.33. The summed E-state index contributed by atoms with van der Waals surface area (Å²) in [7, 11) is 0. The van der Waals surface area contributed by atoms with Crippen LogP contribution in [0.15, 0.2) is 5.38 Å². The Balaban J connectivity index is 1.54. The average molecular weight is 339 g/mol. The molecule has 2 fully saturated rings. The van der Waals surface area contributed by atoms with Crippen molar-refractivity contribution in [1.82, 2.24) is 15.2 Å². The fourth-order valence-electron chi connectivity index (χ4n) is 3.06. The summed E-state index contributed by atoms with van der Waals surface area (Å²) in [5.74, 6) is 0. The second kappa shape index (κ2) is 8.08. The van der Waals surface area contributed by atoms with Crippen molar-refractivity contribution in [2.45, 2.75) is 51.4 Å². The Morgan fingerprint density at radius 1 is 1.30 bits per heavy atom. The van der Waals surface area contributed by atoms with Gasteiger partial charge in [-0.15, -0.1) is 11.3 Å². The van der Waals surface area contributed by atoms with E-state index in [1.165, 1.54) is 0 Å². The van der Waals surface area contributed by atoms with E-state index in [-0.39, 0.29) is 18.2 Å². The Labute approximate surface area is 141 Å². The van der Waals surface area contributed by atoms with Gasteiger partial charge < -0.3 is 19.7 Å². The number of carbonyl (C=O) groups excluding carboxylic acids is 1. The van der Waals surface area contributed by atoms with Crippen LogP contribution in [0, 0.1) is 6.92 Å². The molecule has 0 spiro atoms. The molecule has 3 rings (SSSR count). The lowest BCUT2D eigenvalue weighted by molar-refractivity contribution is 0.0498. The molecule has 2 atom stereocenters. The van der Waals surface area contributed by atoms with Gasteiger partial charge in [0.2, 0.25) is 0 Å². The molecule has 2 saturated heterocycles. The SMILES string of the molecule is Cc1csc(CNC(=O)N(C[C@H]2CCCO2)C[C@H]2CCCO2)n1. The topological polar surface area (TPSA) is 63.7 Å². The third kappa shape index (κ3) is 4.89. The number of urea groups is 1. The van der Waals surface area contributed by atoms with Crippen LogP contribution in [0.1, 0.15) is 36.4 Å². The number of nitrogens with zero attached hydrogens (tertiary/aromatic N) is 2. The summed E-state index contributed by atoms with van der Waals surface area (Å²) in [4.78, 5) is 18.8. The van der Waals surface area contributed by atoms with Crippen molar-refractivity contribution in [1.29, 1.82) is 0 Å². The molecule has 0 unspecified atom stereocenters. The summed E-state index contributed by atoms with van der Waals surface area (Å²) >= 11 is 1.58. The first-order valence-corrected chi connectivity index (χ1v) is 9.25. The molecule has 0 aromatic carbocycles. The lowest BCUT2D eigenvalue weighted by Crippen LogP contribution is -2.46. The Hall–Kier alpha value is -1.18. The molecule has 2 amide bonds. The molecule has 0 bridgehead atoms. The average Bonchev–Trinajstić information content (AvgIpc) is 3.27. The molecule has 23 heavy (non-hydrogen) atoms. The highest BCUT2D eigenvalue weighted by Gasteiger charge is 2.26. The van der Waals surface area contributed by atoms with Gasteiger partial charge in [0.05, 0.1) is 18.8 Å². The van der Waals surface area contributed by atoms with Gasteiger partial charge in [0.25, 0.3) is 0 Å². The third-order valence-electron chi connectivity index (χ3n) is 4.24. The molecular formula is C16H25N3O3S. The van der Waals surface area contributed by atoms with Gasteiger partial charge in [-0.25, -0.2) is 9.78 Å². The van der Waals surface area contributed by atoms with Crippen LogP contribution in [-0.4, -0.2) is 54.4 Å². The van der Waals surface area contributed by atoms with Gasteiger partial charge >= 0.3 is 6.03 Å². The number of hydrogen-bond donors (Lipinski definition) is 1. The number of thiazole rings is 1. The maximum Gasteiger partial charge on any atom is 0.317 e. The Kier molecular flexibility index (Phi) is 5.85. The van der Waals surface area contributed by atoms with Gasteiger partial charge in [-0.05, 0) is 32.6 Å². The molecule has 3 heterocycles. The lowest BCUT2D eigenvalue weighted by atomic mass is 10.2. The smallest absolute Gasteiger partial charge is 0.317 e. The van der Waals surface area contributed by atoms with Gasteiger partial charge in [-0.3, -0.25) is 0 Å². The fraction of sp³-hybridized carbons (Fsp3) is 0.750. The predicted octanol–water partition coefficient (Wildman–Crippen LogP) is 2.32. The highest BCUT2D eigenvalue weighted by atomic mass is 32.1. The van der Waals surface area contributed by atoms with E-state index in [9.17, 15) is 4.79 Å². The molecule has 0 saturated carbocycles. The number of ether oxygens (including phenoxy) is 2. The van der Waals surface area contributed by atoms with Crippen LogP contribution >= 0.6 is 11.3 Å². The van der Waals surface area contributed by atoms with Crippen LogP contribution in [0.25, 0.3) is 0 Å². The Bertz CT molecular complexity index is 492. The van der Waals surface area contributed by atoms with Crippen LogP contribution in [0.4, 0.5) is 4.79 Å². The first-order valence-electron chi connectivity index (χ1n) is 8.37. The molecule has 2 aliphatic heterocycles. The van der Waals surface area contributed by atoms with E-state index in [1.54, 1.807) is 11.3 Å². The van der Waals surface area contributed by atoms with Crippen LogP contribution < -0.4 is 5.32 Å². The maximum atomic E-state index is 12.6. The Morgan fingerprint density at radius 3 is 2.43 bits per heavy atom. The van der Waals surface area contributed by atoms with Crippen molar-refractivity contribution in [3.05, 3.63) is 16.1 Å². The zero-order valence-corrected chi connectivity index (χ0v) is 14.4. The van der Waals surface area contributed by atoms with Gasteiger partial charge in [0.1, 0.15) is 5.01 Å². The summed E-state index contributed by atoms with van der Waals surface area (Å²) in [6, 6.07) is -0.0520. The maximum absolute atomic E-state index is 12.6. The number of amides is 2. The van der Waals surface area contributed by atoms with Crippen LogP contribution in [-0.2, 0) is 16.0 Å². The molecule has 0 radical (unpaired) electrons. The summed E-state index contributed by atoms with van der Waals surface area (Å²) < 4.78 is 11.4. The van der Waals surface area contributed by atoms with Gasteiger partial charge in [0, 0.05) is 37.4 Å². The summed E-state index contributed by atoms with van der Waals surface area (Å²) in [5.41, 5.74) is 0.995.